The van der Waals surface area contributed by atoms with Gasteiger partial charge in [0, 0.05) is 19.3 Å². The molecule has 2 aliphatic heterocycles. The summed E-state index contributed by atoms with van der Waals surface area (Å²) in [7, 11) is 0. The van der Waals surface area contributed by atoms with Crippen molar-refractivity contribution in [3.05, 3.63) is 65.0 Å². The Labute approximate surface area is 151 Å². The normalized spacial score (nSPS) is 19.2. The molecular formula is C20H19N3O3. The van der Waals surface area contributed by atoms with Crippen LogP contribution in [0.1, 0.15) is 38.4 Å². The van der Waals surface area contributed by atoms with Gasteiger partial charge in [-0.1, -0.05) is 24.3 Å². The van der Waals surface area contributed by atoms with E-state index in [2.05, 4.69) is 4.98 Å². The summed E-state index contributed by atoms with van der Waals surface area (Å²) in [5.74, 6) is -0.642. The van der Waals surface area contributed by atoms with Gasteiger partial charge >= 0.3 is 0 Å². The molecule has 2 aromatic rings. The summed E-state index contributed by atoms with van der Waals surface area (Å²) in [4.78, 5) is 44.8. The zero-order chi connectivity index (χ0) is 18.3. The van der Waals surface area contributed by atoms with E-state index in [0.717, 1.165) is 11.1 Å². The summed E-state index contributed by atoms with van der Waals surface area (Å²) in [5, 5.41) is 0. The van der Waals surface area contributed by atoms with Gasteiger partial charge in [-0.2, -0.15) is 0 Å². The quantitative estimate of drug-likeness (QED) is 0.793. The van der Waals surface area contributed by atoms with Crippen molar-refractivity contribution < 1.29 is 14.4 Å². The van der Waals surface area contributed by atoms with Crippen LogP contribution < -0.4 is 0 Å². The number of rotatable bonds is 3. The fraction of sp³-hybridized carbons (Fsp3) is 0.300. The van der Waals surface area contributed by atoms with Crippen LogP contribution in [-0.2, 0) is 11.2 Å². The van der Waals surface area contributed by atoms with Crippen molar-refractivity contribution in [2.24, 2.45) is 0 Å². The molecule has 1 aromatic carbocycles. The van der Waals surface area contributed by atoms with Gasteiger partial charge in [0.2, 0.25) is 5.91 Å². The topological polar surface area (TPSA) is 70.6 Å². The van der Waals surface area contributed by atoms with Crippen LogP contribution in [0.25, 0.3) is 0 Å². The molecule has 0 spiro atoms. The van der Waals surface area contributed by atoms with Crippen LogP contribution in [0.5, 0.6) is 0 Å². The number of imide groups is 1. The Kier molecular flexibility index (Phi) is 4.03. The van der Waals surface area contributed by atoms with Crippen molar-refractivity contribution in [3.63, 3.8) is 0 Å². The highest BCUT2D eigenvalue weighted by atomic mass is 16.2. The van der Waals surface area contributed by atoms with Crippen LogP contribution in [0.15, 0.2) is 42.6 Å². The molecule has 0 radical (unpaired) electrons. The van der Waals surface area contributed by atoms with Gasteiger partial charge in [0.05, 0.1) is 18.0 Å². The second-order valence-corrected chi connectivity index (χ2v) is 6.77. The number of amides is 3. The number of hydrogen-bond donors (Lipinski definition) is 0. The first-order chi connectivity index (χ1) is 12.6. The van der Waals surface area contributed by atoms with E-state index in [1.54, 1.807) is 17.0 Å². The molecule has 0 aliphatic carbocycles. The van der Waals surface area contributed by atoms with Gasteiger partial charge in [0.1, 0.15) is 5.69 Å². The van der Waals surface area contributed by atoms with E-state index in [-0.39, 0.29) is 29.5 Å². The molecule has 132 valence electrons. The number of carbonyl (C=O) groups is 3. The van der Waals surface area contributed by atoms with E-state index >= 15 is 0 Å². The molecule has 1 fully saturated rings. The summed E-state index contributed by atoms with van der Waals surface area (Å²) in [5.41, 5.74) is 2.65. The number of fused-ring (bicyclic) bond motifs is 1. The van der Waals surface area contributed by atoms with Gasteiger partial charge in [0.15, 0.2) is 0 Å². The minimum absolute atomic E-state index is 0.0246. The number of likely N-dealkylation sites (tertiary alicyclic amines) is 1. The zero-order valence-corrected chi connectivity index (χ0v) is 14.5. The number of benzene rings is 1. The van der Waals surface area contributed by atoms with Crippen LogP contribution >= 0.6 is 0 Å². The Morgan fingerprint density at radius 1 is 1.15 bits per heavy atom. The lowest BCUT2D eigenvalue weighted by Gasteiger charge is -2.22. The second-order valence-electron chi connectivity index (χ2n) is 6.77. The first-order valence-corrected chi connectivity index (χ1v) is 8.71. The van der Waals surface area contributed by atoms with Crippen LogP contribution in [0.2, 0.25) is 0 Å². The van der Waals surface area contributed by atoms with E-state index in [1.165, 1.54) is 11.1 Å². The average Bonchev–Trinajstić information content (AvgIpc) is 3.21. The Balaban J connectivity index is 1.46. The minimum atomic E-state index is -0.358. The summed E-state index contributed by atoms with van der Waals surface area (Å²) >= 11 is 0. The van der Waals surface area contributed by atoms with Crippen molar-refractivity contribution >= 4 is 17.7 Å². The highest BCUT2D eigenvalue weighted by Gasteiger charge is 2.43. The van der Waals surface area contributed by atoms with Crippen molar-refractivity contribution in [2.45, 2.75) is 25.8 Å². The number of nitrogens with zero attached hydrogens (tertiary/aromatic N) is 3. The van der Waals surface area contributed by atoms with Gasteiger partial charge < -0.3 is 4.90 Å². The van der Waals surface area contributed by atoms with Crippen molar-refractivity contribution in [3.8, 4) is 0 Å². The predicted octanol–water partition coefficient (Wildman–Crippen LogP) is 1.83. The monoisotopic (exact) mass is 349 g/mol. The molecule has 0 bridgehead atoms. The fourth-order valence-electron chi connectivity index (χ4n) is 3.68. The lowest BCUT2D eigenvalue weighted by atomic mass is 10.1. The molecule has 6 nitrogen and oxygen atoms in total. The molecule has 3 amide bonds. The maximum Gasteiger partial charge on any atom is 0.280 e. The third-order valence-electron chi connectivity index (χ3n) is 5.16. The van der Waals surface area contributed by atoms with E-state index in [9.17, 15) is 14.4 Å². The smallest absolute Gasteiger partial charge is 0.280 e. The molecule has 2 aliphatic rings. The molecule has 1 saturated heterocycles. The highest BCUT2D eigenvalue weighted by Crippen LogP contribution is 2.27. The minimum Gasteiger partial charge on any atom is -0.340 e. The maximum atomic E-state index is 12.6. The molecular weight excluding hydrogens is 330 g/mol. The molecule has 4 rings (SSSR count). The maximum absolute atomic E-state index is 12.6. The average molecular weight is 349 g/mol. The molecule has 6 heteroatoms. The van der Waals surface area contributed by atoms with Crippen LogP contribution in [0, 0.1) is 6.92 Å². The Hall–Kier alpha value is -3.02. The third kappa shape index (κ3) is 2.67. The van der Waals surface area contributed by atoms with E-state index in [0.29, 0.717) is 31.5 Å². The molecule has 3 heterocycles. The van der Waals surface area contributed by atoms with Gasteiger partial charge in [-0.15, -0.1) is 0 Å². The Morgan fingerprint density at radius 3 is 2.73 bits per heavy atom. The van der Waals surface area contributed by atoms with Crippen molar-refractivity contribution in [1.82, 2.24) is 14.8 Å². The first kappa shape index (κ1) is 16.4. The highest BCUT2D eigenvalue weighted by molar-refractivity contribution is 6.20. The Bertz CT molecular complexity index is 874. The summed E-state index contributed by atoms with van der Waals surface area (Å²) in [6.45, 7) is 2.92. The van der Waals surface area contributed by atoms with E-state index in [4.69, 9.17) is 0 Å². The molecule has 26 heavy (non-hydrogen) atoms. The van der Waals surface area contributed by atoms with Crippen LogP contribution in [0.4, 0.5) is 0 Å². The van der Waals surface area contributed by atoms with Gasteiger partial charge in [0.25, 0.3) is 11.8 Å². The van der Waals surface area contributed by atoms with Gasteiger partial charge in [-0.25, -0.2) is 0 Å². The fourth-order valence-corrected chi connectivity index (χ4v) is 3.68. The largest absolute Gasteiger partial charge is 0.340 e. The number of aromatic nitrogens is 1. The standard InChI is InChI=1S/C20H19N3O3/c1-13-5-2-3-6-14(13)11-17(24)22-10-8-15(12-22)23-19(25)16-7-4-9-21-18(16)20(23)26/h2-7,9,15H,8,10-12H2,1H3. The Morgan fingerprint density at radius 2 is 1.96 bits per heavy atom. The molecule has 1 atom stereocenters. The second kappa shape index (κ2) is 6.37. The summed E-state index contributed by atoms with van der Waals surface area (Å²) in [6, 6.07) is 10.8. The molecule has 1 aromatic heterocycles. The zero-order valence-electron chi connectivity index (χ0n) is 14.5. The van der Waals surface area contributed by atoms with Gasteiger partial charge in [-0.05, 0) is 36.6 Å². The van der Waals surface area contributed by atoms with Crippen molar-refractivity contribution in [1.29, 1.82) is 0 Å². The third-order valence-corrected chi connectivity index (χ3v) is 5.16. The lowest BCUT2D eigenvalue weighted by molar-refractivity contribution is -0.129. The predicted molar refractivity (Wildman–Crippen MR) is 94.6 cm³/mol. The summed E-state index contributed by atoms with van der Waals surface area (Å²) in [6.07, 6.45) is 2.45. The van der Waals surface area contributed by atoms with E-state index < -0.39 is 0 Å². The first-order valence-electron chi connectivity index (χ1n) is 8.71. The van der Waals surface area contributed by atoms with E-state index in [1.807, 2.05) is 31.2 Å². The van der Waals surface area contributed by atoms with Crippen LogP contribution in [0.3, 0.4) is 0 Å². The number of carbonyl (C=O) groups excluding carboxylic acids is 3. The molecule has 0 N–H and O–H groups in total. The number of aryl methyl sites for hydroxylation is 1. The molecule has 0 saturated carbocycles. The molecule has 1 unspecified atom stereocenters. The number of pyridine rings is 1. The SMILES string of the molecule is Cc1ccccc1CC(=O)N1CCC(N2C(=O)c3cccnc3C2=O)C1. The van der Waals surface area contributed by atoms with Gasteiger partial charge in [-0.3, -0.25) is 24.3 Å². The lowest BCUT2D eigenvalue weighted by Crippen LogP contribution is -2.42. The summed E-state index contributed by atoms with van der Waals surface area (Å²) < 4.78 is 0. The van der Waals surface area contributed by atoms with Crippen molar-refractivity contribution in [2.75, 3.05) is 13.1 Å². The number of hydrogen-bond acceptors (Lipinski definition) is 4. The van der Waals surface area contributed by atoms with Crippen LogP contribution in [-0.4, -0.2) is 51.6 Å².